The van der Waals surface area contributed by atoms with Crippen molar-refractivity contribution < 1.29 is 19.2 Å². The first-order chi connectivity index (χ1) is 15.1. The summed E-state index contributed by atoms with van der Waals surface area (Å²) in [6.45, 7) is 7.10. The van der Waals surface area contributed by atoms with Crippen LogP contribution in [0.5, 0.6) is 0 Å². The number of amides is 1. The first-order valence-electron chi connectivity index (χ1n) is 9.77. The highest BCUT2D eigenvalue weighted by Gasteiger charge is 2.33. The average molecular weight is 440 g/mol. The first-order valence-corrected chi connectivity index (χ1v) is 9.77. The van der Waals surface area contributed by atoms with Crippen LogP contribution in [0.15, 0.2) is 36.7 Å². The summed E-state index contributed by atoms with van der Waals surface area (Å²) in [5.74, 6) is -0.845. The molecule has 0 bridgehead atoms. The number of nitrogens with one attached hydrogen (secondary N) is 1. The SMILES string of the molecule is COC(=O)c1ccccc1Cn1nc(C)c(NC(=O)C(C)(C)n2cc([N+](=O)[O-])cn2)c1C. The van der Waals surface area contributed by atoms with Crippen LogP contribution in [0.1, 0.15) is 41.2 Å². The molecule has 32 heavy (non-hydrogen) atoms. The summed E-state index contributed by atoms with van der Waals surface area (Å²) in [6, 6.07) is 7.07. The van der Waals surface area contributed by atoms with E-state index in [2.05, 4.69) is 15.5 Å². The zero-order valence-electron chi connectivity index (χ0n) is 18.4. The number of methoxy groups -OCH3 is 1. The molecule has 1 N–H and O–H groups in total. The van der Waals surface area contributed by atoms with E-state index >= 15 is 0 Å². The number of anilines is 1. The van der Waals surface area contributed by atoms with Gasteiger partial charge >= 0.3 is 11.7 Å². The minimum atomic E-state index is -1.19. The van der Waals surface area contributed by atoms with Crippen LogP contribution in [0.3, 0.4) is 0 Å². The smallest absolute Gasteiger partial charge is 0.338 e. The Morgan fingerprint density at radius 1 is 1.25 bits per heavy atom. The monoisotopic (exact) mass is 440 g/mol. The molecule has 1 amide bonds. The topological polar surface area (TPSA) is 134 Å². The lowest BCUT2D eigenvalue weighted by molar-refractivity contribution is -0.385. The Bertz CT molecular complexity index is 1190. The second kappa shape index (κ2) is 8.61. The molecule has 0 atom stereocenters. The lowest BCUT2D eigenvalue weighted by Crippen LogP contribution is -2.40. The molecule has 168 valence electrons. The van der Waals surface area contributed by atoms with Crippen LogP contribution >= 0.6 is 0 Å². The molecule has 0 spiro atoms. The molecule has 0 aliphatic carbocycles. The van der Waals surface area contributed by atoms with Gasteiger partial charge in [-0.05, 0) is 39.3 Å². The van der Waals surface area contributed by atoms with E-state index in [9.17, 15) is 19.7 Å². The molecular weight excluding hydrogens is 416 g/mol. The highest BCUT2D eigenvalue weighted by atomic mass is 16.6. The molecule has 11 nitrogen and oxygen atoms in total. The van der Waals surface area contributed by atoms with Crippen molar-refractivity contribution in [3.63, 3.8) is 0 Å². The van der Waals surface area contributed by atoms with Crippen LogP contribution in [0, 0.1) is 24.0 Å². The van der Waals surface area contributed by atoms with Crippen LogP contribution in [-0.4, -0.2) is 43.5 Å². The third kappa shape index (κ3) is 4.22. The molecule has 0 saturated carbocycles. The van der Waals surface area contributed by atoms with Gasteiger partial charge in [-0.1, -0.05) is 18.2 Å². The van der Waals surface area contributed by atoms with Gasteiger partial charge in [0.15, 0.2) is 0 Å². The predicted octanol–water partition coefficient (Wildman–Crippen LogP) is 2.81. The lowest BCUT2D eigenvalue weighted by Gasteiger charge is -2.24. The van der Waals surface area contributed by atoms with E-state index in [1.54, 1.807) is 37.6 Å². The summed E-state index contributed by atoms with van der Waals surface area (Å²) in [4.78, 5) is 35.5. The third-order valence-electron chi connectivity index (χ3n) is 5.27. The highest BCUT2D eigenvalue weighted by Crippen LogP contribution is 2.25. The normalized spacial score (nSPS) is 11.3. The summed E-state index contributed by atoms with van der Waals surface area (Å²) in [5.41, 5.74) is 1.59. The van der Waals surface area contributed by atoms with Crippen LogP contribution in [0.2, 0.25) is 0 Å². The maximum Gasteiger partial charge on any atom is 0.338 e. The van der Waals surface area contributed by atoms with Crippen molar-refractivity contribution >= 4 is 23.3 Å². The fraction of sp³-hybridized carbons (Fsp3) is 0.333. The largest absolute Gasteiger partial charge is 0.465 e. The molecular formula is C21H24N6O5. The second-order valence-corrected chi connectivity index (χ2v) is 7.77. The van der Waals surface area contributed by atoms with Crippen LogP contribution in [0.4, 0.5) is 11.4 Å². The van der Waals surface area contributed by atoms with Crippen molar-refractivity contribution in [2.75, 3.05) is 12.4 Å². The van der Waals surface area contributed by atoms with Gasteiger partial charge in [-0.15, -0.1) is 0 Å². The second-order valence-electron chi connectivity index (χ2n) is 7.77. The van der Waals surface area contributed by atoms with Crippen LogP contribution in [0.25, 0.3) is 0 Å². The number of nitrogens with zero attached hydrogens (tertiary/aromatic N) is 5. The van der Waals surface area contributed by atoms with Gasteiger partial charge < -0.3 is 10.1 Å². The number of aryl methyl sites for hydroxylation is 1. The molecule has 1 aromatic carbocycles. The van der Waals surface area contributed by atoms with Gasteiger partial charge in [-0.3, -0.25) is 24.3 Å². The number of rotatable bonds is 7. The molecule has 0 aliphatic heterocycles. The van der Waals surface area contributed by atoms with Crippen LogP contribution < -0.4 is 5.32 Å². The van der Waals surface area contributed by atoms with E-state index in [1.807, 2.05) is 19.1 Å². The molecule has 2 aromatic heterocycles. The maximum absolute atomic E-state index is 13.0. The molecule has 11 heteroatoms. The molecule has 0 aliphatic rings. The van der Waals surface area contributed by atoms with Gasteiger partial charge in [0.25, 0.3) is 5.91 Å². The van der Waals surface area contributed by atoms with Crippen molar-refractivity contribution in [1.29, 1.82) is 0 Å². The summed E-state index contributed by atoms with van der Waals surface area (Å²) in [6.07, 6.45) is 2.31. The predicted molar refractivity (Wildman–Crippen MR) is 115 cm³/mol. The minimum absolute atomic E-state index is 0.199. The number of carbonyl (C=O) groups excluding carboxylic acids is 2. The summed E-state index contributed by atoms with van der Waals surface area (Å²) in [5, 5.41) is 22.3. The number of hydrogen-bond acceptors (Lipinski definition) is 7. The zero-order chi connectivity index (χ0) is 23.6. The highest BCUT2D eigenvalue weighted by molar-refractivity contribution is 5.97. The third-order valence-corrected chi connectivity index (χ3v) is 5.27. The average Bonchev–Trinajstić information content (AvgIpc) is 3.36. The molecule has 3 rings (SSSR count). The van der Waals surface area contributed by atoms with E-state index in [0.29, 0.717) is 29.2 Å². The molecule has 0 saturated heterocycles. The molecule has 3 aromatic rings. The van der Waals surface area contributed by atoms with E-state index in [1.165, 1.54) is 18.0 Å². The van der Waals surface area contributed by atoms with Crippen LogP contribution in [-0.2, 0) is 21.6 Å². The molecule has 0 fully saturated rings. The van der Waals surface area contributed by atoms with Crippen molar-refractivity contribution in [3.05, 3.63) is 69.3 Å². The first kappa shape index (κ1) is 22.7. The Balaban J connectivity index is 1.86. The van der Waals surface area contributed by atoms with Gasteiger partial charge in [-0.2, -0.15) is 10.2 Å². The Morgan fingerprint density at radius 2 is 1.94 bits per heavy atom. The number of ether oxygens (including phenoxy) is 1. The van der Waals surface area contributed by atoms with Gasteiger partial charge in [0.05, 0.1) is 41.2 Å². The summed E-state index contributed by atoms with van der Waals surface area (Å²) < 4.78 is 7.79. The Morgan fingerprint density at radius 3 is 2.56 bits per heavy atom. The zero-order valence-corrected chi connectivity index (χ0v) is 18.4. The van der Waals surface area contributed by atoms with Gasteiger partial charge in [0, 0.05) is 0 Å². The molecule has 2 heterocycles. The van der Waals surface area contributed by atoms with Gasteiger partial charge in [-0.25, -0.2) is 4.79 Å². The lowest BCUT2D eigenvalue weighted by atomic mass is 10.0. The Labute approximate surface area is 184 Å². The maximum atomic E-state index is 13.0. The Kier molecular flexibility index (Phi) is 6.10. The van der Waals surface area contributed by atoms with Crippen molar-refractivity contribution in [3.8, 4) is 0 Å². The molecule has 0 unspecified atom stereocenters. The fourth-order valence-electron chi connectivity index (χ4n) is 3.24. The number of esters is 1. The van der Waals surface area contributed by atoms with Crippen molar-refractivity contribution in [2.24, 2.45) is 0 Å². The fourth-order valence-corrected chi connectivity index (χ4v) is 3.24. The number of nitro groups is 1. The van der Waals surface area contributed by atoms with E-state index < -0.39 is 22.3 Å². The summed E-state index contributed by atoms with van der Waals surface area (Å²) >= 11 is 0. The standard InChI is InChI=1S/C21H24N6O5/c1-13-18(23-20(29)21(3,4)26-12-16(10-22-26)27(30)31)14(2)25(24-13)11-15-8-6-7-9-17(15)19(28)32-5/h6-10,12H,11H2,1-5H3,(H,23,29). The van der Waals surface area contributed by atoms with Gasteiger partial charge in [0.2, 0.25) is 0 Å². The van der Waals surface area contributed by atoms with E-state index in [-0.39, 0.29) is 5.69 Å². The number of hydrogen-bond donors (Lipinski definition) is 1. The number of carbonyl (C=O) groups is 2. The van der Waals surface area contributed by atoms with Crippen molar-refractivity contribution in [1.82, 2.24) is 19.6 Å². The van der Waals surface area contributed by atoms with Gasteiger partial charge in [0.1, 0.15) is 17.9 Å². The Hall–Kier alpha value is -4.02. The molecule has 0 radical (unpaired) electrons. The van der Waals surface area contributed by atoms with E-state index in [4.69, 9.17) is 4.74 Å². The quantitative estimate of drug-likeness (QED) is 0.339. The summed E-state index contributed by atoms with van der Waals surface area (Å²) in [7, 11) is 1.33. The van der Waals surface area contributed by atoms with E-state index in [0.717, 1.165) is 11.8 Å². The van der Waals surface area contributed by atoms with Crippen molar-refractivity contribution in [2.45, 2.75) is 39.8 Å². The number of aromatic nitrogens is 4. The minimum Gasteiger partial charge on any atom is -0.465 e. The number of benzene rings is 1.